The summed E-state index contributed by atoms with van der Waals surface area (Å²) in [6.45, 7) is 2.68. The van der Waals surface area contributed by atoms with Gasteiger partial charge in [-0.2, -0.15) is 0 Å². The highest BCUT2D eigenvalue weighted by Crippen LogP contribution is 2.44. The summed E-state index contributed by atoms with van der Waals surface area (Å²) >= 11 is 1.23. The van der Waals surface area contributed by atoms with E-state index < -0.39 is 17.7 Å². The number of pyridine rings is 1. The fourth-order valence-corrected chi connectivity index (χ4v) is 4.52. The van der Waals surface area contributed by atoms with E-state index in [9.17, 15) is 14.7 Å². The van der Waals surface area contributed by atoms with Gasteiger partial charge < -0.3 is 14.6 Å². The second-order valence-corrected chi connectivity index (χ2v) is 8.56. The third-order valence-corrected chi connectivity index (χ3v) is 6.30. The molecule has 1 fully saturated rings. The zero-order valence-electron chi connectivity index (χ0n) is 18.9. The first-order valence-electron chi connectivity index (χ1n) is 11.0. The predicted octanol–water partition coefficient (Wildman–Crippen LogP) is 4.74. The van der Waals surface area contributed by atoms with Gasteiger partial charge in [0.1, 0.15) is 5.76 Å². The molecule has 9 heteroatoms. The van der Waals surface area contributed by atoms with Gasteiger partial charge in [0, 0.05) is 29.5 Å². The molecule has 1 aliphatic heterocycles. The highest BCUT2D eigenvalue weighted by molar-refractivity contribution is 7.14. The number of thiazole rings is 1. The Kier molecular flexibility index (Phi) is 7.22. The molecule has 1 amide bonds. The molecule has 0 aliphatic carbocycles. The summed E-state index contributed by atoms with van der Waals surface area (Å²) in [6.07, 6.45) is 7.66. The Balaban J connectivity index is 1.81. The van der Waals surface area contributed by atoms with E-state index in [-0.39, 0.29) is 11.3 Å². The number of Topliss-reactive ketones (excluding diaryl/α,β-unsaturated/α-hetero) is 1. The van der Waals surface area contributed by atoms with Crippen molar-refractivity contribution in [2.75, 3.05) is 18.6 Å². The van der Waals surface area contributed by atoms with Crippen LogP contribution in [0.3, 0.4) is 0 Å². The van der Waals surface area contributed by atoms with Crippen molar-refractivity contribution < 1.29 is 24.2 Å². The molecule has 176 valence electrons. The molecule has 0 spiro atoms. The molecule has 3 heterocycles. The van der Waals surface area contributed by atoms with Gasteiger partial charge in [0.25, 0.3) is 5.78 Å². The fraction of sp³-hybridized carbons (Fsp3) is 0.280. The number of aliphatic hydroxyl groups is 1. The van der Waals surface area contributed by atoms with Gasteiger partial charge in [-0.3, -0.25) is 19.5 Å². The number of rotatable bonds is 9. The first kappa shape index (κ1) is 23.4. The number of carbonyl (C=O) groups is 2. The molecular weight excluding hydrogens is 454 g/mol. The summed E-state index contributed by atoms with van der Waals surface area (Å²) in [7, 11) is 1.53. The lowest BCUT2D eigenvalue weighted by Crippen LogP contribution is -2.29. The summed E-state index contributed by atoms with van der Waals surface area (Å²) in [5, 5.41) is 13.2. The highest BCUT2D eigenvalue weighted by Gasteiger charge is 2.48. The number of ketones is 1. The van der Waals surface area contributed by atoms with Gasteiger partial charge in [-0.05, 0) is 36.2 Å². The van der Waals surface area contributed by atoms with Crippen LogP contribution in [0.2, 0.25) is 0 Å². The van der Waals surface area contributed by atoms with Crippen molar-refractivity contribution >= 4 is 33.9 Å². The van der Waals surface area contributed by atoms with Crippen LogP contribution in [0.1, 0.15) is 43.4 Å². The average Bonchev–Trinajstić information content (AvgIpc) is 3.48. The van der Waals surface area contributed by atoms with Gasteiger partial charge in [-0.15, -0.1) is 11.3 Å². The molecule has 1 unspecified atom stereocenters. The second kappa shape index (κ2) is 10.5. The molecule has 0 radical (unpaired) electrons. The summed E-state index contributed by atoms with van der Waals surface area (Å²) in [5.74, 6) is -0.767. The van der Waals surface area contributed by atoms with Gasteiger partial charge in [0.2, 0.25) is 0 Å². The number of ether oxygens (including phenoxy) is 2. The van der Waals surface area contributed by atoms with E-state index in [1.165, 1.54) is 35.7 Å². The standard InChI is InChI=1S/C25H25N3O5S/c1-3-4-5-13-33-18-7-6-17(15-19(18)32-2)21-20(22(29)16-8-10-26-11-9-16)23(30)24(31)28(21)25-27-12-14-34-25/h6-12,14-15,21,29H,3-5,13H2,1-2H3/b22-20+. The summed E-state index contributed by atoms with van der Waals surface area (Å²) in [5.41, 5.74) is 0.952. The maximum atomic E-state index is 13.1. The molecule has 1 saturated heterocycles. The van der Waals surface area contributed by atoms with E-state index in [1.54, 1.807) is 41.9 Å². The molecule has 2 aromatic heterocycles. The third-order valence-electron chi connectivity index (χ3n) is 5.53. The number of hydrogen-bond donors (Lipinski definition) is 1. The van der Waals surface area contributed by atoms with Crippen LogP contribution < -0.4 is 14.4 Å². The van der Waals surface area contributed by atoms with Crippen molar-refractivity contribution in [2.24, 2.45) is 0 Å². The quantitative estimate of drug-likeness (QED) is 0.205. The zero-order chi connectivity index (χ0) is 24.1. The number of nitrogens with zero attached hydrogens (tertiary/aromatic N) is 3. The summed E-state index contributed by atoms with van der Waals surface area (Å²) in [4.78, 5) is 35.7. The molecule has 8 nitrogen and oxygen atoms in total. The number of hydrogen-bond acceptors (Lipinski definition) is 8. The van der Waals surface area contributed by atoms with E-state index in [2.05, 4.69) is 16.9 Å². The Morgan fingerprint density at radius 3 is 2.59 bits per heavy atom. The van der Waals surface area contributed by atoms with Crippen LogP contribution in [0.15, 0.2) is 59.9 Å². The van der Waals surface area contributed by atoms with E-state index in [0.29, 0.717) is 34.4 Å². The second-order valence-electron chi connectivity index (χ2n) is 7.69. The summed E-state index contributed by atoms with van der Waals surface area (Å²) in [6, 6.07) is 7.53. The van der Waals surface area contributed by atoms with Gasteiger partial charge in [-0.25, -0.2) is 4.98 Å². The zero-order valence-corrected chi connectivity index (χ0v) is 19.7. The van der Waals surface area contributed by atoms with E-state index in [4.69, 9.17) is 9.47 Å². The molecule has 1 atom stereocenters. The molecule has 1 N–H and O–H groups in total. The van der Waals surface area contributed by atoms with Crippen molar-refractivity contribution in [3.05, 3.63) is 71.0 Å². The number of amides is 1. The fourth-order valence-electron chi connectivity index (χ4n) is 3.85. The smallest absolute Gasteiger partial charge is 0.301 e. The van der Waals surface area contributed by atoms with Crippen LogP contribution in [0.5, 0.6) is 11.5 Å². The van der Waals surface area contributed by atoms with Crippen LogP contribution in [-0.2, 0) is 9.59 Å². The van der Waals surface area contributed by atoms with E-state index >= 15 is 0 Å². The Labute approximate surface area is 201 Å². The van der Waals surface area contributed by atoms with Crippen molar-refractivity contribution in [1.82, 2.24) is 9.97 Å². The molecule has 34 heavy (non-hydrogen) atoms. The minimum Gasteiger partial charge on any atom is -0.507 e. The van der Waals surface area contributed by atoms with Gasteiger partial charge in [0.15, 0.2) is 16.6 Å². The Hall–Kier alpha value is -3.72. The third kappa shape index (κ3) is 4.51. The van der Waals surface area contributed by atoms with E-state index in [1.807, 2.05) is 0 Å². The molecular formula is C25H25N3O5S. The lowest BCUT2D eigenvalue weighted by molar-refractivity contribution is -0.132. The van der Waals surface area contributed by atoms with Gasteiger partial charge in [0.05, 0.1) is 25.3 Å². The topological polar surface area (TPSA) is 102 Å². The Bertz CT molecular complexity index is 1190. The van der Waals surface area contributed by atoms with Crippen LogP contribution in [0, 0.1) is 0 Å². The minimum absolute atomic E-state index is 0.0231. The van der Waals surface area contributed by atoms with Gasteiger partial charge >= 0.3 is 5.91 Å². The molecule has 0 bridgehead atoms. The van der Waals surface area contributed by atoms with Crippen molar-refractivity contribution in [3.8, 4) is 11.5 Å². The lowest BCUT2D eigenvalue weighted by atomic mass is 9.95. The average molecular weight is 480 g/mol. The van der Waals surface area contributed by atoms with Crippen molar-refractivity contribution in [3.63, 3.8) is 0 Å². The van der Waals surface area contributed by atoms with Crippen LogP contribution >= 0.6 is 11.3 Å². The number of aliphatic hydroxyl groups excluding tert-OH is 1. The number of aromatic nitrogens is 2. The molecule has 0 saturated carbocycles. The Morgan fingerprint density at radius 1 is 1.12 bits per heavy atom. The lowest BCUT2D eigenvalue weighted by Gasteiger charge is -2.24. The molecule has 1 aliphatic rings. The first-order valence-corrected chi connectivity index (χ1v) is 11.9. The van der Waals surface area contributed by atoms with Gasteiger partial charge in [-0.1, -0.05) is 25.8 Å². The largest absolute Gasteiger partial charge is 0.507 e. The number of unbranched alkanes of at least 4 members (excludes halogenated alkanes) is 2. The minimum atomic E-state index is -0.887. The summed E-state index contributed by atoms with van der Waals surface area (Å²) < 4.78 is 11.4. The maximum absolute atomic E-state index is 13.1. The van der Waals surface area contributed by atoms with E-state index in [0.717, 1.165) is 19.3 Å². The number of anilines is 1. The Morgan fingerprint density at radius 2 is 1.91 bits per heavy atom. The maximum Gasteiger partial charge on any atom is 0.301 e. The molecule has 4 rings (SSSR count). The highest BCUT2D eigenvalue weighted by atomic mass is 32.1. The number of carbonyl (C=O) groups excluding carboxylic acids is 2. The monoisotopic (exact) mass is 479 g/mol. The SMILES string of the molecule is CCCCCOc1ccc(C2/C(=C(\O)c3ccncc3)C(=O)C(=O)N2c2nccs2)cc1OC. The predicted molar refractivity (Wildman–Crippen MR) is 129 cm³/mol. The first-order chi connectivity index (χ1) is 16.6. The number of benzene rings is 1. The van der Waals surface area contributed by atoms with Crippen LogP contribution in [0.25, 0.3) is 5.76 Å². The number of methoxy groups -OCH3 is 1. The van der Waals surface area contributed by atoms with Crippen LogP contribution in [0.4, 0.5) is 5.13 Å². The van der Waals surface area contributed by atoms with Crippen molar-refractivity contribution in [2.45, 2.75) is 32.2 Å². The van der Waals surface area contributed by atoms with Crippen molar-refractivity contribution in [1.29, 1.82) is 0 Å². The molecule has 3 aromatic rings. The normalized spacial score (nSPS) is 17.2. The molecule has 1 aromatic carbocycles. The van der Waals surface area contributed by atoms with Crippen LogP contribution in [-0.4, -0.2) is 40.5 Å².